The molecule has 0 bridgehead atoms. The van der Waals surface area contributed by atoms with Gasteiger partial charge in [-0.1, -0.05) is 31.0 Å². The molecule has 0 aliphatic heterocycles. The lowest BCUT2D eigenvalue weighted by molar-refractivity contribution is 0.280. The van der Waals surface area contributed by atoms with Crippen LogP contribution < -0.4 is 0 Å². The topological polar surface area (TPSA) is 25.2 Å². The van der Waals surface area contributed by atoms with Gasteiger partial charge in [0, 0.05) is 29.8 Å². The zero-order valence-electron chi connectivity index (χ0n) is 11.7. The fourth-order valence-electron chi connectivity index (χ4n) is 2.61. The Morgan fingerprint density at radius 2 is 2.05 bits per heavy atom. The molecule has 1 aromatic heterocycles. The Balaban J connectivity index is 2.49. The first-order chi connectivity index (χ1) is 9.19. The van der Waals surface area contributed by atoms with Crippen molar-refractivity contribution in [3.8, 4) is 0 Å². The molecule has 1 N–H and O–H groups in total. The zero-order chi connectivity index (χ0) is 13.8. The van der Waals surface area contributed by atoms with Crippen molar-refractivity contribution in [1.29, 1.82) is 0 Å². The van der Waals surface area contributed by atoms with Crippen molar-refractivity contribution in [3.63, 3.8) is 0 Å². The van der Waals surface area contributed by atoms with Crippen LogP contribution in [0.25, 0.3) is 10.9 Å². The van der Waals surface area contributed by atoms with E-state index >= 15 is 0 Å². The third-order valence-electron chi connectivity index (χ3n) is 3.67. The Bertz CT molecular complexity index is 559. The summed E-state index contributed by atoms with van der Waals surface area (Å²) >= 11 is 6.24. The molecule has 2 aromatic rings. The Labute approximate surface area is 120 Å². The number of aliphatic hydroxyl groups excluding tert-OH is 1. The molecule has 0 atom stereocenters. The molecule has 0 saturated heterocycles. The lowest BCUT2D eigenvalue weighted by Crippen LogP contribution is -1.99. The van der Waals surface area contributed by atoms with Crippen LogP contribution >= 0.6 is 11.6 Å². The van der Waals surface area contributed by atoms with Gasteiger partial charge >= 0.3 is 0 Å². The Morgan fingerprint density at radius 1 is 1.26 bits per heavy atom. The third-order valence-corrected chi connectivity index (χ3v) is 4.08. The summed E-state index contributed by atoms with van der Waals surface area (Å²) in [5.41, 5.74) is 3.77. The van der Waals surface area contributed by atoms with Crippen LogP contribution in [-0.4, -0.2) is 16.3 Å². The number of aromatic nitrogens is 1. The van der Waals surface area contributed by atoms with E-state index in [0.717, 1.165) is 30.0 Å². The summed E-state index contributed by atoms with van der Waals surface area (Å²) < 4.78 is 2.25. The second kappa shape index (κ2) is 6.44. The SMILES string of the molecule is CCCCc1cn(CCCO)c2c(C)c(Cl)ccc12. The predicted molar refractivity (Wildman–Crippen MR) is 82.0 cm³/mol. The Kier molecular flexibility index (Phi) is 4.89. The quantitative estimate of drug-likeness (QED) is 0.837. The highest BCUT2D eigenvalue weighted by Gasteiger charge is 2.12. The zero-order valence-corrected chi connectivity index (χ0v) is 12.5. The van der Waals surface area contributed by atoms with E-state index in [9.17, 15) is 0 Å². The molecule has 104 valence electrons. The Hall–Kier alpha value is -0.990. The first kappa shape index (κ1) is 14.4. The normalized spacial score (nSPS) is 11.4. The summed E-state index contributed by atoms with van der Waals surface area (Å²) in [4.78, 5) is 0. The van der Waals surface area contributed by atoms with Crippen LogP contribution in [0.5, 0.6) is 0 Å². The van der Waals surface area contributed by atoms with Crippen molar-refractivity contribution >= 4 is 22.5 Å². The molecule has 0 aliphatic rings. The number of aliphatic hydroxyl groups is 1. The first-order valence-corrected chi connectivity index (χ1v) is 7.44. The number of nitrogens with zero attached hydrogens (tertiary/aromatic N) is 1. The van der Waals surface area contributed by atoms with Gasteiger partial charge in [0.1, 0.15) is 0 Å². The fourth-order valence-corrected chi connectivity index (χ4v) is 2.76. The molecule has 2 rings (SSSR count). The maximum absolute atomic E-state index is 9.03. The molecular formula is C16H22ClNO. The van der Waals surface area contributed by atoms with Gasteiger partial charge < -0.3 is 9.67 Å². The van der Waals surface area contributed by atoms with E-state index in [-0.39, 0.29) is 6.61 Å². The summed E-state index contributed by atoms with van der Waals surface area (Å²) in [5.74, 6) is 0. The number of benzene rings is 1. The molecule has 1 aromatic carbocycles. The van der Waals surface area contributed by atoms with Crippen LogP contribution in [0.2, 0.25) is 5.02 Å². The van der Waals surface area contributed by atoms with Crippen LogP contribution in [0, 0.1) is 6.92 Å². The van der Waals surface area contributed by atoms with Crippen LogP contribution in [0.1, 0.15) is 37.3 Å². The standard InChI is InChI=1S/C16H22ClNO/c1-3-4-6-13-11-18(9-5-10-19)16-12(2)15(17)8-7-14(13)16/h7-8,11,19H,3-6,9-10H2,1-2H3. The highest BCUT2D eigenvalue weighted by atomic mass is 35.5. The second-order valence-corrected chi connectivity index (χ2v) is 5.50. The van der Waals surface area contributed by atoms with Gasteiger partial charge in [-0.2, -0.15) is 0 Å². The molecule has 0 aliphatic carbocycles. The monoisotopic (exact) mass is 279 g/mol. The Morgan fingerprint density at radius 3 is 2.74 bits per heavy atom. The van der Waals surface area contributed by atoms with Crippen LogP contribution in [0.15, 0.2) is 18.3 Å². The van der Waals surface area contributed by atoms with Gasteiger partial charge in [-0.3, -0.25) is 0 Å². The molecule has 0 unspecified atom stereocenters. The summed E-state index contributed by atoms with van der Waals surface area (Å²) in [5, 5.41) is 11.2. The number of aryl methyl sites for hydroxylation is 3. The van der Waals surface area contributed by atoms with E-state index < -0.39 is 0 Å². The number of rotatable bonds is 6. The maximum Gasteiger partial charge on any atom is 0.0527 e. The highest BCUT2D eigenvalue weighted by molar-refractivity contribution is 6.32. The van der Waals surface area contributed by atoms with Crippen molar-refractivity contribution < 1.29 is 5.11 Å². The number of unbranched alkanes of at least 4 members (excludes halogenated alkanes) is 1. The van der Waals surface area contributed by atoms with Gasteiger partial charge in [-0.25, -0.2) is 0 Å². The van der Waals surface area contributed by atoms with Crippen molar-refractivity contribution in [3.05, 3.63) is 34.5 Å². The van der Waals surface area contributed by atoms with E-state index in [4.69, 9.17) is 16.7 Å². The lowest BCUT2D eigenvalue weighted by atomic mass is 10.1. The molecule has 0 saturated carbocycles. The van der Waals surface area contributed by atoms with E-state index in [1.165, 1.54) is 29.3 Å². The molecule has 0 fully saturated rings. The van der Waals surface area contributed by atoms with Crippen LogP contribution in [0.4, 0.5) is 0 Å². The van der Waals surface area contributed by atoms with E-state index in [1.807, 2.05) is 6.07 Å². The minimum atomic E-state index is 0.226. The largest absolute Gasteiger partial charge is 0.396 e. The fraction of sp³-hybridized carbons (Fsp3) is 0.500. The van der Waals surface area contributed by atoms with Crippen molar-refractivity contribution in [1.82, 2.24) is 4.57 Å². The summed E-state index contributed by atoms with van der Waals surface area (Å²) in [6.07, 6.45) is 6.54. The molecule has 0 amide bonds. The molecule has 3 heteroatoms. The number of hydrogen-bond acceptors (Lipinski definition) is 1. The van der Waals surface area contributed by atoms with Crippen molar-refractivity contribution in [2.45, 2.75) is 46.1 Å². The minimum absolute atomic E-state index is 0.226. The average molecular weight is 280 g/mol. The molecule has 1 heterocycles. The highest BCUT2D eigenvalue weighted by Crippen LogP contribution is 2.30. The summed E-state index contributed by atoms with van der Waals surface area (Å²) in [7, 11) is 0. The molecule has 19 heavy (non-hydrogen) atoms. The van der Waals surface area contributed by atoms with E-state index in [2.05, 4.69) is 30.7 Å². The summed E-state index contributed by atoms with van der Waals surface area (Å²) in [6.45, 7) is 5.36. The van der Waals surface area contributed by atoms with Crippen LogP contribution in [-0.2, 0) is 13.0 Å². The number of hydrogen-bond donors (Lipinski definition) is 1. The smallest absolute Gasteiger partial charge is 0.0527 e. The van der Waals surface area contributed by atoms with Gasteiger partial charge in [-0.05, 0) is 43.4 Å². The van der Waals surface area contributed by atoms with Crippen LogP contribution in [0.3, 0.4) is 0 Å². The molecule has 2 nitrogen and oxygen atoms in total. The molecule has 0 spiro atoms. The third kappa shape index (κ3) is 2.96. The van der Waals surface area contributed by atoms with Gasteiger partial charge in [0.15, 0.2) is 0 Å². The van der Waals surface area contributed by atoms with Gasteiger partial charge in [0.05, 0.1) is 5.52 Å². The van der Waals surface area contributed by atoms with Crippen molar-refractivity contribution in [2.75, 3.05) is 6.61 Å². The minimum Gasteiger partial charge on any atom is -0.396 e. The van der Waals surface area contributed by atoms with E-state index in [1.54, 1.807) is 0 Å². The number of halogens is 1. The lowest BCUT2D eigenvalue weighted by Gasteiger charge is -2.07. The van der Waals surface area contributed by atoms with Gasteiger partial charge in [0.2, 0.25) is 0 Å². The second-order valence-electron chi connectivity index (χ2n) is 5.10. The average Bonchev–Trinajstić information content (AvgIpc) is 2.77. The number of fused-ring (bicyclic) bond motifs is 1. The maximum atomic E-state index is 9.03. The summed E-state index contributed by atoms with van der Waals surface area (Å²) in [6, 6.07) is 4.12. The predicted octanol–water partition coefficient (Wildman–Crippen LogP) is 4.33. The van der Waals surface area contributed by atoms with Gasteiger partial charge in [-0.15, -0.1) is 0 Å². The molecular weight excluding hydrogens is 258 g/mol. The van der Waals surface area contributed by atoms with Gasteiger partial charge in [0.25, 0.3) is 0 Å². The van der Waals surface area contributed by atoms with Crippen molar-refractivity contribution in [2.24, 2.45) is 0 Å². The first-order valence-electron chi connectivity index (χ1n) is 7.06. The van der Waals surface area contributed by atoms with E-state index in [0.29, 0.717) is 0 Å². The molecule has 0 radical (unpaired) electrons.